The summed E-state index contributed by atoms with van der Waals surface area (Å²) in [6.07, 6.45) is -5.05. The van der Waals surface area contributed by atoms with Gasteiger partial charge in [-0.2, -0.15) is 13.2 Å². The van der Waals surface area contributed by atoms with Gasteiger partial charge in [-0.3, -0.25) is 4.79 Å². The minimum Gasteiger partial charge on any atom is -0.466 e. The highest BCUT2D eigenvalue weighted by molar-refractivity contribution is 6.00. The van der Waals surface area contributed by atoms with Crippen molar-refractivity contribution in [1.29, 1.82) is 0 Å². The molecule has 0 atom stereocenters. The zero-order chi connectivity index (χ0) is 22.8. The monoisotopic (exact) mass is 426 g/mol. The van der Waals surface area contributed by atoms with E-state index in [4.69, 9.17) is 9.47 Å². The molecule has 0 bridgehead atoms. The maximum Gasteiger partial charge on any atom is 0.471 e. The Hall–Kier alpha value is -3.30. The molecule has 0 spiro atoms. The molecule has 1 N–H and O–H groups in total. The van der Waals surface area contributed by atoms with E-state index in [0.29, 0.717) is 21.9 Å². The van der Waals surface area contributed by atoms with Gasteiger partial charge in [-0.25, -0.2) is 9.59 Å². The van der Waals surface area contributed by atoms with E-state index in [9.17, 15) is 27.6 Å². The molecule has 7 nitrogen and oxygen atoms in total. The number of rotatable bonds is 4. The van der Waals surface area contributed by atoms with Gasteiger partial charge >= 0.3 is 24.0 Å². The first-order valence-electron chi connectivity index (χ1n) is 8.74. The van der Waals surface area contributed by atoms with E-state index in [0.717, 1.165) is 7.05 Å². The standard InChI is InChI=1S/C20H21F3N2O5/c1-10-14(17(26)29-4)16(15(11(2)24-10)18(27)30-5)12-7-6-8-13(9-12)25(3)19(28)20(21,22)23/h6-9,16,24H,1-5H3. The number of ether oxygens (including phenoxy) is 2. The largest absolute Gasteiger partial charge is 0.471 e. The van der Waals surface area contributed by atoms with Gasteiger partial charge in [-0.15, -0.1) is 0 Å². The van der Waals surface area contributed by atoms with Crippen LogP contribution in [0.15, 0.2) is 46.8 Å². The minimum atomic E-state index is -5.05. The van der Waals surface area contributed by atoms with E-state index in [1.165, 1.54) is 38.5 Å². The van der Waals surface area contributed by atoms with E-state index in [-0.39, 0.29) is 16.8 Å². The molecule has 1 aliphatic heterocycles. The van der Waals surface area contributed by atoms with Gasteiger partial charge in [0.1, 0.15) is 0 Å². The normalized spacial score (nSPS) is 14.9. The van der Waals surface area contributed by atoms with E-state index < -0.39 is 29.9 Å². The smallest absolute Gasteiger partial charge is 0.466 e. The quantitative estimate of drug-likeness (QED) is 0.746. The summed E-state index contributed by atoms with van der Waals surface area (Å²) in [5.41, 5.74) is 1.30. The van der Waals surface area contributed by atoms with E-state index in [1.54, 1.807) is 13.8 Å². The third kappa shape index (κ3) is 4.32. The van der Waals surface area contributed by atoms with Crippen molar-refractivity contribution in [1.82, 2.24) is 5.32 Å². The van der Waals surface area contributed by atoms with Crippen LogP contribution in [0, 0.1) is 0 Å². The highest BCUT2D eigenvalue weighted by atomic mass is 19.4. The first kappa shape index (κ1) is 23.0. The Kier molecular flexibility index (Phi) is 6.59. The van der Waals surface area contributed by atoms with Gasteiger partial charge < -0.3 is 19.7 Å². The predicted octanol–water partition coefficient (Wildman–Crippen LogP) is 2.79. The number of amides is 1. The van der Waals surface area contributed by atoms with Crippen LogP contribution in [0.3, 0.4) is 0 Å². The van der Waals surface area contributed by atoms with Crippen molar-refractivity contribution < 1.29 is 37.0 Å². The van der Waals surface area contributed by atoms with E-state index in [1.807, 2.05) is 0 Å². The third-order valence-corrected chi connectivity index (χ3v) is 4.71. The summed E-state index contributed by atoms with van der Waals surface area (Å²) in [6.45, 7) is 3.22. The number of esters is 2. The Morgan fingerprint density at radius 2 is 1.50 bits per heavy atom. The Labute approximate surface area is 171 Å². The molecule has 0 fully saturated rings. The molecule has 1 aliphatic rings. The summed E-state index contributed by atoms with van der Waals surface area (Å²) >= 11 is 0. The molecular weight excluding hydrogens is 405 g/mol. The molecule has 1 amide bonds. The lowest BCUT2D eigenvalue weighted by molar-refractivity contribution is -0.170. The van der Waals surface area contributed by atoms with Crippen LogP contribution in [0.4, 0.5) is 18.9 Å². The number of alkyl halides is 3. The number of allylic oxidation sites excluding steroid dienone is 2. The number of hydrogen-bond donors (Lipinski definition) is 1. The van der Waals surface area contributed by atoms with Gasteiger partial charge in [-0.1, -0.05) is 12.1 Å². The van der Waals surface area contributed by atoms with Crippen LogP contribution in [-0.2, 0) is 23.9 Å². The zero-order valence-electron chi connectivity index (χ0n) is 17.0. The van der Waals surface area contributed by atoms with Gasteiger partial charge in [0, 0.05) is 24.1 Å². The zero-order valence-corrected chi connectivity index (χ0v) is 17.0. The first-order chi connectivity index (χ1) is 13.9. The maximum absolute atomic E-state index is 12.8. The average molecular weight is 426 g/mol. The molecule has 0 radical (unpaired) electrons. The second-order valence-electron chi connectivity index (χ2n) is 6.58. The minimum absolute atomic E-state index is 0.0582. The second-order valence-corrected chi connectivity index (χ2v) is 6.58. The number of nitrogens with zero attached hydrogens (tertiary/aromatic N) is 1. The summed E-state index contributed by atoms with van der Waals surface area (Å²) in [7, 11) is 3.34. The molecular formula is C20H21F3N2O5. The third-order valence-electron chi connectivity index (χ3n) is 4.71. The fourth-order valence-corrected chi connectivity index (χ4v) is 3.31. The van der Waals surface area contributed by atoms with Crippen LogP contribution in [0.2, 0.25) is 0 Å². The number of dihydropyridines is 1. The summed E-state index contributed by atoms with van der Waals surface area (Å²) in [6, 6.07) is 5.60. The van der Waals surface area contributed by atoms with Crippen molar-refractivity contribution in [3.8, 4) is 0 Å². The van der Waals surface area contributed by atoms with Crippen molar-refractivity contribution in [3.05, 3.63) is 52.4 Å². The summed E-state index contributed by atoms with van der Waals surface area (Å²) in [4.78, 5) is 37.0. The van der Waals surface area contributed by atoms with Crippen LogP contribution in [0.25, 0.3) is 0 Å². The average Bonchev–Trinajstić information content (AvgIpc) is 2.70. The molecule has 1 aromatic carbocycles. The topological polar surface area (TPSA) is 84.9 Å². The first-order valence-corrected chi connectivity index (χ1v) is 8.74. The molecule has 30 heavy (non-hydrogen) atoms. The van der Waals surface area contributed by atoms with Crippen molar-refractivity contribution in [3.63, 3.8) is 0 Å². The fourth-order valence-electron chi connectivity index (χ4n) is 3.31. The van der Waals surface area contributed by atoms with E-state index >= 15 is 0 Å². The molecule has 0 saturated carbocycles. The van der Waals surface area contributed by atoms with Crippen molar-refractivity contribution in [2.45, 2.75) is 25.9 Å². The molecule has 0 aromatic heterocycles. The Balaban J connectivity index is 2.67. The highest BCUT2D eigenvalue weighted by Gasteiger charge is 2.42. The van der Waals surface area contributed by atoms with Crippen molar-refractivity contribution in [2.75, 3.05) is 26.2 Å². The SMILES string of the molecule is COC(=O)C1=C(C)NC(C)=C(C(=O)OC)C1c1cccc(N(C)C(=O)C(F)(F)F)c1. The Morgan fingerprint density at radius 3 is 1.93 bits per heavy atom. The number of nitrogens with one attached hydrogen (secondary N) is 1. The van der Waals surface area contributed by atoms with E-state index in [2.05, 4.69) is 5.32 Å². The summed E-state index contributed by atoms with van der Waals surface area (Å²) in [5.74, 6) is -4.46. The number of benzene rings is 1. The van der Waals surface area contributed by atoms with Crippen molar-refractivity contribution >= 4 is 23.5 Å². The molecule has 0 unspecified atom stereocenters. The number of methoxy groups -OCH3 is 2. The molecule has 2 rings (SSSR count). The summed E-state index contributed by atoms with van der Waals surface area (Å²) in [5, 5.41) is 2.93. The molecule has 1 aromatic rings. The highest BCUT2D eigenvalue weighted by Crippen LogP contribution is 2.40. The molecule has 162 valence electrons. The number of carbonyl (C=O) groups is 3. The summed E-state index contributed by atoms with van der Waals surface area (Å²) < 4.78 is 48.2. The van der Waals surface area contributed by atoms with Gasteiger partial charge in [0.15, 0.2) is 0 Å². The van der Waals surface area contributed by atoms with Crippen LogP contribution < -0.4 is 10.2 Å². The molecule has 10 heteroatoms. The molecule has 1 heterocycles. The van der Waals surface area contributed by atoms with Crippen molar-refractivity contribution in [2.24, 2.45) is 0 Å². The lowest BCUT2D eigenvalue weighted by Gasteiger charge is -2.30. The number of anilines is 1. The van der Waals surface area contributed by atoms with Crippen LogP contribution in [0.1, 0.15) is 25.3 Å². The van der Waals surface area contributed by atoms with Gasteiger partial charge in [0.25, 0.3) is 0 Å². The lowest BCUT2D eigenvalue weighted by atomic mass is 9.80. The molecule has 0 aliphatic carbocycles. The van der Waals surface area contributed by atoms with Gasteiger partial charge in [0.2, 0.25) is 0 Å². The van der Waals surface area contributed by atoms with Crippen LogP contribution in [-0.4, -0.2) is 45.3 Å². The predicted molar refractivity (Wildman–Crippen MR) is 101 cm³/mol. The van der Waals surface area contributed by atoms with Gasteiger partial charge in [-0.05, 0) is 31.5 Å². The number of carbonyl (C=O) groups excluding carboxylic acids is 3. The van der Waals surface area contributed by atoms with Gasteiger partial charge in [0.05, 0.1) is 31.3 Å². The Morgan fingerprint density at radius 1 is 1.00 bits per heavy atom. The number of halogens is 3. The van der Waals surface area contributed by atoms with Crippen LogP contribution in [0.5, 0.6) is 0 Å². The fraction of sp³-hybridized carbons (Fsp3) is 0.350. The molecule has 0 saturated heterocycles. The maximum atomic E-state index is 12.8. The van der Waals surface area contributed by atoms with Crippen LogP contribution >= 0.6 is 0 Å². The lowest BCUT2D eigenvalue weighted by Crippen LogP contribution is -2.38. The Bertz CT molecular complexity index is 912. The second kappa shape index (κ2) is 8.60. The number of hydrogen-bond acceptors (Lipinski definition) is 6.